The van der Waals surface area contributed by atoms with Crippen LogP contribution in [0.2, 0.25) is 0 Å². The molecule has 13 heavy (non-hydrogen) atoms. The largest absolute Gasteiger partial charge is 0.303 e. The number of ketones is 1. The minimum absolute atomic E-state index is 0.244. The summed E-state index contributed by atoms with van der Waals surface area (Å²) in [6, 6.07) is 0. The molecular weight excluding hydrogens is 164 g/mol. The quantitative estimate of drug-likeness (QED) is 0.623. The summed E-state index contributed by atoms with van der Waals surface area (Å²) < 4.78 is 0. The number of carbonyl (C=O) groups is 2. The van der Waals surface area contributed by atoms with Gasteiger partial charge in [0.2, 0.25) is 0 Å². The molecule has 0 amide bonds. The molecule has 0 saturated carbocycles. The molecule has 0 saturated heterocycles. The molecule has 1 rings (SSSR count). The summed E-state index contributed by atoms with van der Waals surface area (Å²) in [4.78, 5) is 21.7. The van der Waals surface area contributed by atoms with Gasteiger partial charge >= 0.3 is 0 Å². The predicted molar refractivity (Wildman–Crippen MR) is 51.3 cm³/mol. The lowest BCUT2D eigenvalue weighted by Gasteiger charge is -2.24. The van der Waals surface area contributed by atoms with Gasteiger partial charge in [-0.2, -0.15) is 0 Å². The number of hydrogen-bond donors (Lipinski definition) is 0. The van der Waals surface area contributed by atoms with Gasteiger partial charge in [0.1, 0.15) is 6.29 Å². The van der Waals surface area contributed by atoms with Crippen LogP contribution in [0.1, 0.15) is 33.1 Å². The maximum absolute atomic E-state index is 11.4. The molecule has 0 aliphatic heterocycles. The Morgan fingerprint density at radius 2 is 2.38 bits per heavy atom. The minimum Gasteiger partial charge on any atom is -0.303 e. The maximum Gasteiger partial charge on any atom is 0.158 e. The molecule has 0 N–H and O–H groups in total. The molecule has 0 bridgehead atoms. The van der Waals surface area contributed by atoms with Crippen LogP contribution in [0.15, 0.2) is 11.6 Å². The van der Waals surface area contributed by atoms with E-state index < -0.39 is 0 Å². The molecule has 0 heterocycles. The average molecular weight is 180 g/mol. The zero-order valence-electron chi connectivity index (χ0n) is 8.25. The zero-order chi connectivity index (χ0) is 9.84. The molecule has 0 aromatic heterocycles. The third-order valence-electron chi connectivity index (χ3n) is 2.89. The van der Waals surface area contributed by atoms with Crippen LogP contribution in [0.25, 0.3) is 0 Å². The molecule has 0 aromatic rings. The van der Waals surface area contributed by atoms with E-state index in [0.29, 0.717) is 24.7 Å². The van der Waals surface area contributed by atoms with E-state index in [1.165, 1.54) is 0 Å². The fourth-order valence-corrected chi connectivity index (χ4v) is 1.70. The van der Waals surface area contributed by atoms with Crippen LogP contribution < -0.4 is 0 Å². The second kappa shape index (κ2) is 4.35. The average Bonchev–Trinajstić information content (AvgIpc) is 2.10. The summed E-state index contributed by atoms with van der Waals surface area (Å²) in [6.45, 7) is 3.91. The molecule has 2 heteroatoms. The summed E-state index contributed by atoms with van der Waals surface area (Å²) >= 11 is 0. The molecule has 2 atom stereocenters. The van der Waals surface area contributed by atoms with Gasteiger partial charge in [-0.05, 0) is 30.8 Å². The number of allylic oxidation sites excluding steroid dienone is 2. The van der Waals surface area contributed by atoms with Gasteiger partial charge in [0.05, 0.1) is 0 Å². The Morgan fingerprint density at radius 1 is 1.69 bits per heavy atom. The Hall–Kier alpha value is -0.920. The van der Waals surface area contributed by atoms with Gasteiger partial charge in [0, 0.05) is 12.8 Å². The van der Waals surface area contributed by atoms with Gasteiger partial charge in [0.15, 0.2) is 5.78 Å². The van der Waals surface area contributed by atoms with E-state index in [-0.39, 0.29) is 5.78 Å². The molecule has 2 nitrogen and oxygen atoms in total. The number of Topliss-reactive ketones (excluding diaryl/α,β-unsaturated/α-hetero) is 1. The summed E-state index contributed by atoms with van der Waals surface area (Å²) in [6.07, 6.45) is 5.09. The van der Waals surface area contributed by atoms with Gasteiger partial charge < -0.3 is 4.79 Å². The molecule has 0 spiro atoms. The third-order valence-corrected chi connectivity index (χ3v) is 2.89. The Labute approximate surface area is 79.0 Å². The van der Waals surface area contributed by atoms with Crippen molar-refractivity contribution in [1.29, 1.82) is 0 Å². The van der Waals surface area contributed by atoms with Gasteiger partial charge in [-0.25, -0.2) is 0 Å². The van der Waals surface area contributed by atoms with Crippen LogP contribution in [0.3, 0.4) is 0 Å². The first-order chi connectivity index (χ1) is 6.15. The zero-order valence-corrected chi connectivity index (χ0v) is 8.25. The van der Waals surface area contributed by atoms with E-state index in [4.69, 9.17) is 0 Å². The molecule has 0 radical (unpaired) electrons. The van der Waals surface area contributed by atoms with E-state index in [1.54, 1.807) is 0 Å². The minimum atomic E-state index is 0.244. The van der Waals surface area contributed by atoms with E-state index >= 15 is 0 Å². The van der Waals surface area contributed by atoms with E-state index in [1.807, 2.05) is 19.9 Å². The third kappa shape index (κ3) is 2.51. The Morgan fingerprint density at radius 3 is 2.92 bits per heavy atom. The van der Waals surface area contributed by atoms with Crippen molar-refractivity contribution in [2.45, 2.75) is 33.1 Å². The van der Waals surface area contributed by atoms with Gasteiger partial charge in [-0.1, -0.05) is 13.0 Å². The standard InChI is InChI=1S/C11H16O2/c1-8(5-6-12)10-4-3-9(2)11(13)7-10/h3,6,8,10H,4-5,7H2,1-2H3. The molecule has 2 unspecified atom stereocenters. The second-order valence-electron chi connectivity index (χ2n) is 3.89. The molecule has 1 aliphatic rings. The highest BCUT2D eigenvalue weighted by atomic mass is 16.1. The fraction of sp³-hybridized carbons (Fsp3) is 0.636. The molecule has 0 fully saturated rings. The second-order valence-corrected chi connectivity index (χ2v) is 3.89. The first-order valence-electron chi connectivity index (χ1n) is 4.78. The summed E-state index contributed by atoms with van der Waals surface area (Å²) in [5.74, 6) is 0.959. The van der Waals surface area contributed by atoms with Crippen LogP contribution in [0, 0.1) is 11.8 Å². The highest BCUT2D eigenvalue weighted by molar-refractivity contribution is 5.95. The SMILES string of the molecule is CC1=CCC(C(C)CC=O)CC1=O. The number of rotatable bonds is 3. The van der Waals surface area contributed by atoms with Gasteiger partial charge in [-0.3, -0.25) is 4.79 Å². The first-order valence-corrected chi connectivity index (χ1v) is 4.78. The number of aldehydes is 1. The van der Waals surface area contributed by atoms with Crippen molar-refractivity contribution in [2.24, 2.45) is 11.8 Å². The van der Waals surface area contributed by atoms with Crippen molar-refractivity contribution < 1.29 is 9.59 Å². The van der Waals surface area contributed by atoms with E-state index in [2.05, 4.69) is 0 Å². The Balaban J connectivity index is 2.56. The fourth-order valence-electron chi connectivity index (χ4n) is 1.70. The number of carbonyl (C=O) groups excluding carboxylic acids is 2. The lowest BCUT2D eigenvalue weighted by atomic mass is 9.80. The van der Waals surface area contributed by atoms with Gasteiger partial charge in [-0.15, -0.1) is 0 Å². The van der Waals surface area contributed by atoms with Crippen LogP contribution >= 0.6 is 0 Å². The van der Waals surface area contributed by atoms with Crippen molar-refractivity contribution in [1.82, 2.24) is 0 Å². The topological polar surface area (TPSA) is 34.1 Å². The van der Waals surface area contributed by atoms with Crippen molar-refractivity contribution in [3.63, 3.8) is 0 Å². The normalized spacial score (nSPS) is 25.2. The Bertz CT molecular complexity index is 240. The summed E-state index contributed by atoms with van der Waals surface area (Å²) in [7, 11) is 0. The van der Waals surface area contributed by atoms with E-state index in [9.17, 15) is 9.59 Å². The lowest BCUT2D eigenvalue weighted by molar-refractivity contribution is -0.117. The van der Waals surface area contributed by atoms with Crippen LogP contribution in [-0.4, -0.2) is 12.1 Å². The predicted octanol–water partition coefficient (Wildman–Crippen LogP) is 2.14. The lowest BCUT2D eigenvalue weighted by Crippen LogP contribution is -2.20. The monoisotopic (exact) mass is 180 g/mol. The first kappa shape index (κ1) is 10.2. The molecule has 72 valence electrons. The summed E-state index contributed by atoms with van der Waals surface area (Å²) in [5, 5.41) is 0. The van der Waals surface area contributed by atoms with Crippen LogP contribution in [-0.2, 0) is 9.59 Å². The Kier molecular flexibility index (Phi) is 3.40. The summed E-state index contributed by atoms with van der Waals surface area (Å²) in [5.41, 5.74) is 0.884. The van der Waals surface area contributed by atoms with E-state index in [0.717, 1.165) is 18.3 Å². The molecule has 0 aromatic carbocycles. The highest BCUT2D eigenvalue weighted by Crippen LogP contribution is 2.28. The highest BCUT2D eigenvalue weighted by Gasteiger charge is 2.23. The van der Waals surface area contributed by atoms with Crippen LogP contribution in [0.5, 0.6) is 0 Å². The smallest absolute Gasteiger partial charge is 0.158 e. The van der Waals surface area contributed by atoms with Crippen molar-refractivity contribution in [2.75, 3.05) is 0 Å². The maximum atomic E-state index is 11.4. The molecular formula is C11H16O2. The van der Waals surface area contributed by atoms with Gasteiger partial charge in [0.25, 0.3) is 0 Å². The molecule has 1 aliphatic carbocycles. The van der Waals surface area contributed by atoms with Crippen LogP contribution in [0.4, 0.5) is 0 Å². The van der Waals surface area contributed by atoms with Crippen molar-refractivity contribution in [3.05, 3.63) is 11.6 Å². The number of hydrogen-bond acceptors (Lipinski definition) is 2. The van der Waals surface area contributed by atoms with Crippen molar-refractivity contribution in [3.8, 4) is 0 Å². The van der Waals surface area contributed by atoms with Crippen molar-refractivity contribution >= 4 is 12.1 Å².